The van der Waals surface area contributed by atoms with E-state index >= 15 is 0 Å². The summed E-state index contributed by atoms with van der Waals surface area (Å²) in [4.78, 5) is 4.11. The summed E-state index contributed by atoms with van der Waals surface area (Å²) < 4.78 is 13.6. The summed E-state index contributed by atoms with van der Waals surface area (Å²) in [5.41, 5.74) is 2.43. The number of hydrogen-bond donors (Lipinski definition) is 1. The molecule has 1 N–H and O–H groups in total. The van der Waals surface area contributed by atoms with Crippen molar-refractivity contribution in [3.63, 3.8) is 0 Å². The van der Waals surface area contributed by atoms with Crippen LogP contribution in [0, 0.1) is 5.82 Å². The van der Waals surface area contributed by atoms with Crippen LogP contribution >= 0.6 is 0 Å². The Morgan fingerprint density at radius 3 is 2.32 bits per heavy atom. The quantitative estimate of drug-likeness (QED) is 0.680. The molecule has 0 radical (unpaired) electrons. The van der Waals surface area contributed by atoms with Crippen molar-refractivity contribution in [3.05, 3.63) is 84.2 Å². The summed E-state index contributed by atoms with van der Waals surface area (Å²) in [5, 5.41) is 10.4. The third-order valence-electron chi connectivity index (χ3n) is 3.35. The highest BCUT2D eigenvalue weighted by atomic mass is 19.1. The van der Waals surface area contributed by atoms with E-state index in [2.05, 4.69) is 4.99 Å². The van der Waals surface area contributed by atoms with E-state index in [1.807, 2.05) is 42.5 Å². The smallest absolute Gasteiger partial charge is 0.148 e. The summed E-state index contributed by atoms with van der Waals surface area (Å²) in [6, 6.07) is 21.3. The minimum atomic E-state index is -0.391. The second-order valence-electron chi connectivity index (χ2n) is 4.82. The van der Waals surface area contributed by atoms with E-state index in [9.17, 15) is 9.50 Å². The Balaban J connectivity index is 1.98. The van der Waals surface area contributed by atoms with E-state index in [0.717, 1.165) is 11.1 Å². The zero-order valence-corrected chi connectivity index (χ0v) is 11.8. The van der Waals surface area contributed by atoms with Crippen molar-refractivity contribution < 1.29 is 9.50 Å². The summed E-state index contributed by atoms with van der Waals surface area (Å²) in [6.45, 7) is 0. The van der Waals surface area contributed by atoms with Gasteiger partial charge in [-0.2, -0.15) is 0 Å². The minimum absolute atomic E-state index is 0.133. The predicted octanol–water partition coefficient (Wildman–Crippen LogP) is 4.95. The van der Waals surface area contributed by atoms with Crippen molar-refractivity contribution in [1.29, 1.82) is 0 Å². The number of para-hydroxylation sites is 2. The van der Waals surface area contributed by atoms with Crippen molar-refractivity contribution in [2.45, 2.75) is 0 Å². The average Bonchev–Trinajstić information content (AvgIpc) is 2.56. The van der Waals surface area contributed by atoms with Gasteiger partial charge in [0.05, 0.1) is 5.69 Å². The summed E-state index contributed by atoms with van der Waals surface area (Å²) in [5.74, 6) is -0.258. The van der Waals surface area contributed by atoms with Gasteiger partial charge in [-0.3, -0.25) is 4.99 Å². The molecule has 2 nitrogen and oxygen atoms in total. The molecule has 0 saturated carbocycles. The van der Waals surface area contributed by atoms with Crippen LogP contribution in [0.2, 0.25) is 0 Å². The number of phenolic OH excluding ortho intramolecular Hbond substituents is 1. The molecule has 0 unspecified atom stereocenters. The van der Waals surface area contributed by atoms with Gasteiger partial charge in [0.1, 0.15) is 11.6 Å². The zero-order chi connectivity index (χ0) is 15.4. The fraction of sp³-hybridized carbons (Fsp3) is 0. The number of aliphatic imine (C=N–C) groups is 1. The first kappa shape index (κ1) is 14.0. The molecule has 22 heavy (non-hydrogen) atoms. The Bertz CT molecular complexity index is 813. The Kier molecular flexibility index (Phi) is 3.97. The van der Waals surface area contributed by atoms with Crippen LogP contribution in [0.5, 0.6) is 5.75 Å². The van der Waals surface area contributed by atoms with Crippen molar-refractivity contribution in [3.8, 4) is 16.9 Å². The standard InChI is InChI=1S/C19H14FNO/c20-17-11-4-5-12-18(17)21-13-15-9-6-10-16(19(15)22)14-7-2-1-3-8-14/h1-13,22H. The lowest BCUT2D eigenvalue weighted by atomic mass is 10.0. The van der Waals surface area contributed by atoms with Crippen LogP contribution < -0.4 is 0 Å². The molecule has 108 valence electrons. The van der Waals surface area contributed by atoms with Crippen LogP contribution in [0.15, 0.2) is 77.8 Å². The Morgan fingerprint density at radius 1 is 0.818 bits per heavy atom. The first-order chi connectivity index (χ1) is 10.8. The maximum Gasteiger partial charge on any atom is 0.148 e. The first-order valence-corrected chi connectivity index (χ1v) is 6.92. The SMILES string of the molecule is Oc1c(C=Nc2ccccc2F)cccc1-c1ccccc1. The Morgan fingerprint density at radius 2 is 1.55 bits per heavy atom. The van der Waals surface area contributed by atoms with Crippen LogP contribution in [0.3, 0.4) is 0 Å². The van der Waals surface area contributed by atoms with Gasteiger partial charge in [-0.15, -0.1) is 0 Å². The van der Waals surface area contributed by atoms with Gasteiger partial charge in [0, 0.05) is 17.3 Å². The number of hydrogen-bond acceptors (Lipinski definition) is 2. The summed E-state index contributed by atoms with van der Waals surface area (Å²) in [6.07, 6.45) is 1.47. The lowest BCUT2D eigenvalue weighted by Crippen LogP contribution is -1.86. The predicted molar refractivity (Wildman–Crippen MR) is 87.2 cm³/mol. The van der Waals surface area contributed by atoms with Crippen LogP contribution in [0.1, 0.15) is 5.56 Å². The van der Waals surface area contributed by atoms with E-state index in [1.165, 1.54) is 12.3 Å². The van der Waals surface area contributed by atoms with Gasteiger partial charge in [-0.25, -0.2) is 4.39 Å². The molecule has 0 heterocycles. The third kappa shape index (κ3) is 2.88. The molecule has 3 aromatic carbocycles. The van der Waals surface area contributed by atoms with E-state index in [0.29, 0.717) is 5.56 Å². The monoisotopic (exact) mass is 291 g/mol. The van der Waals surface area contributed by atoms with E-state index in [-0.39, 0.29) is 11.4 Å². The normalized spacial score (nSPS) is 11.0. The molecule has 3 aromatic rings. The fourth-order valence-corrected chi connectivity index (χ4v) is 2.21. The third-order valence-corrected chi connectivity index (χ3v) is 3.35. The van der Waals surface area contributed by atoms with Gasteiger partial charge in [0.25, 0.3) is 0 Å². The molecule has 0 aliphatic heterocycles. The number of benzene rings is 3. The molecule has 0 bridgehead atoms. The molecule has 0 aliphatic rings. The molecule has 3 rings (SSSR count). The van der Waals surface area contributed by atoms with Gasteiger partial charge in [-0.1, -0.05) is 54.6 Å². The van der Waals surface area contributed by atoms with E-state index in [4.69, 9.17) is 0 Å². The van der Waals surface area contributed by atoms with Crippen LogP contribution in [-0.2, 0) is 0 Å². The lowest BCUT2D eigenvalue weighted by Gasteiger charge is -2.07. The average molecular weight is 291 g/mol. The number of aromatic hydroxyl groups is 1. The molecule has 3 heteroatoms. The van der Waals surface area contributed by atoms with Crippen molar-refractivity contribution >= 4 is 11.9 Å². The van der Waals surface area contributed by atoms with Crippen LogP contribution in [0.25, 0.3) is 11.1 Å². The fourth-order valence-electron chi connectivity index (χ4n) is 2.21. The van der Waals surface area contributed by atoms with Gasteiger partial charge in [0.2, 0.25) is 0 Å². The minimum Gasteiger partial charge on any atom is -0.507 e. The maximum atomic E-state index is 13.6. The molecule has 0 spiro atoms. The van der Waals surface area contributed by atoms with Crippen molar-refractivity contribution in [2.75, 3.05) is 0 Å². The van der Waals surface area contributed by atoms with Crippen LogP contribution in [0.4, 0.5) is 10.1 Å². The molecule has 0 saturated heterocycles. The van der Waals surface area contributed by atoms with E-state index in [1.54, 1.807) is 24.3 Å². The number of halogens is 1. The molecular formula is C19H14FNO. The van der Waals surface area contributed by atoms with Gasteiger partial charge in [0.15, 0.2) is 0 Å². The van der Waals surface area contributed by atoms with Crippen molar-refractivity contribution in [1.82, 2.24) is 0 Å². The van der Waals surface area contributed by atoms with Gasteiger partial charge < -0.3 is 5.11 Å². The highest BCUT2D eigenvalue weighted by molar-refractivity contribution is 5.89. The van der Waals surface area contributed by atoms with Gasteiger partial charge in [-0.05, 0) is 23.8 Å². The molecule has 0 aliphatic carbocycles. The molecule has 0 atom stereocenters. The Hall–Kier alpha value is -2.94. The molecule has 0 amide bonds. The highest BCUT2D eigenvalue weighted by Gasteiger charge is 2.07. The summed E-state index contributed by atoms with van der Waals surface area (Å²) in [7, 11) is 0. The zero-order valence-electron chi connectivity index (χ0n) is 11.8. The van der Waals surface area contributed by atoms with E-state index < -0.39 is 5.82 Å². The van der Waals surface area contributed by atoms with Crippen LogP contribution in [-0.4, -0.2) is 11.3 Å². The number of nitrogens with zero attached hydrogens (tertiary/aromatic N) is 1. The number of rotatable bonds is 3. The molecular weight excluding hydrogens is 277 g/mol. The maximum absolute atomic E-state index is 13.6. The first-order valence-electron chi connectivity index (χ1n) is 6.92. The second-order valence-corrected chi connectivity index (χ2v) is 4.82. The van der Waals surface area contributed by atoms with Crippen molar-refractivity contribution in [2.24, 2.45) is 4.99 Å². The topological polar surface area (TPSA) is 32.6 Å². The highest BCUT2D eigenvalue weighted by Crippen LogP contribution is 2.31. The Labute approximate surface area is 128 Å². The number of phenols is 1. The van der Waals surface area contributed by atoms with Gasteiger partial charge >= 0.3 is 0 Å². The lowest BCUT2D eigenvalue weighted by molar-refractivity contribution is 0.476. The molecule has 0 fully saturated rings. The summed E-state index contributed by atoms with van der Waals surface area (Å²) >= 11 is 0. The molecule has 0 aromatic heterocycles. The second kappa shape index (κ2) is 6.22. The largest absolute Gasteiger partial charge is 0.507 e.